The number of carboxylic acid groups (broad SMARTS) is 2. The van der Waals surface area contributed by atoms with Crippen LogP contribution in [0, 0.1) is 11.8 Å². The fourth-order valence-corrected chi connectivity index (χ4v) is 3.84. The van der Waals surface area contributed by atoms with Gasteiger partial charge < -0.3 is 19.7 Å². The lowest BCUT2D eigenvalue weighted by Crippen LogP contribution is -2.15. The second-order valence-corrected chi connectivity index (χ2v) is 10.5. The summed E-state index contributed by atoms with van der Waals surface area (Å²) in [6.07, 6.45) is 8.48. The molecule has 40 heavy (non-hydrogen) atoms. The lowest BCUT2D eigenvalue weighted by atomic mass is 10.1. The molecule has 0 saturated heterocycles. The lowest BCUT2D eigenvalue weighted by Gasteiger charge is -2.10. The third-order valence-corrected chi connectivity index (χ3v) is 6.07. The molecule has 0 aliphatic carbocycles. The molecule has 220 valence electrons. The van der Waals surface area contributed by atoms with Crippen LogP contribution >= 0.6 is 0 Å². The van der Waals surface area contributed by atoms with Crippen molar-refractivity contribution in [2.75, 3.05) is 13.2 Å². The maximum Gasteiger partial charge on any atom is 0.339 e. The van der Waals surface area contributed by atoms with Gasteiger partial charge in [-0.2, -0.15) is 0 Å². The van der Waals surface area contributed by atoms with Crippen LogP contribution in [0.5, 0.6) is 0 Å². The summed E-state index contributed by atoms with van der Waals surface area (Å²) >= 11 is 0. The number of rotatable bonds is 16. The summed E-state index contributed by atoms with van der Waals surface area (Å²) in [7, 11) is 0. The monoisotopic (exact) mass is 556 g/mol. The van der Waals surface area contributed by atoms with Gasteiger partial charge in [0.1, 0.15) is 0 Å². The van der Waals surface area contributed by atoms with Crippen LogP contribution in [0.3, 0.4) is 0 Å². The van der Waals surface area contributed by atoms with Crippen molar-refractivity contribution in [3.8, 4) is 0 Å². The molecule has 8 heteroatoms. The summed E-state index contributed by atoms with van der Waals surface area (Å²) in [4.78, 5) is 45.6. The average Bonchev–Trinajstić information content (AvgIpc) is 2.92. The van der Waals surface area contributed by atoms with Crippen molar-refractivity contribution < 1.29 is 38.9 Å². The molecule has 0 spiro atoms. The van der Waals surface area contributed by atoms with E-state index < -0.39 is 23.9 Å². The summed E-state index contributed by atoms with van der Waals surface area (Å²) in [6, 6.07) is 12.2. The third kappa shape index (κ3) is 13.9. The largest absolute Gasteiger partial charge is 0.478 e. The van der Waals surface area contributed by atoms with E-state index in [0.29, 0.717) is 25.0 Å². The first-order valence-electron chi connectivity index (χ1n) is 14.0. The Morgan fingerprint density at radius 1 is 0.550 bits per heavy atom. The Kier molecular flexibility index (Phi) is 16.6. The second kappa shape index (κ2) is 19.4. The number of carbonyl (C=O) groups is 4. The van der Waals surface area contributed by atoms with Crippen LogP contribution in [-0.2, 0) is 9.47 Å². The number of hydrogen-bond acceptors (Lipinski definition) is 6. The molecule has 0 radical (unpaired) electrons. The van der Waals surface area contributed by atoms with E-state index in [1.807, 2.05) is 0 Å². The molecule has 0 bridgehead atoms. The lowest BCUT2D eigenvalue weighted by molar-refractivity contribution is 0.0450. The molecule has 2 rings (SSSR count). The van der Waals surface area contributed by atoms with Crippen molar-refractivity contribution in [2.24, 2.45) is 11.8 Å². The molecular weight excluding hydrogens is 512 g/mol. The predicted molar refractivity (Wildman–Crippen MR) is 154 cm³/mol. The zero-order chi connectivity index (χ0) is 29.9. The number of benzene rings is 2. The minimum atomic E-state index is -1.23. The van der Waals surface area contributed by atoms with Gasteiger partial charge in [-0.05, 0) is 48.9 Å². The van der Waals surface area contributed by atoms with Crippen LogP contribution in [0.1, 0.15) is 120 Å². The maximum atomic E-state index is 12.4. The summed E-state index contributed by atoms with van der Waals surface area (Å²) in [5.41, 5.74) is 0.193. The Labute approximate surface area is 237 Å². The van der Waals surface area contributed by atoms with Crippen molar-refractivity contribution >= 4 is 23.9 Å². The zero-order valence-corrected chi connectivity index (χ0v) is 24.2. The third-order valence-electron chi connectivity index (χ3n) is 6.07. The van der Waals surface area contributed by atoms with Gasteiger partial charge in [0.15, 0.2) is 0 Å². The van der Waals surface area contributed by atoms with E-state index in [-0.39, 0.29) is 22.3 Å². The summed E-state index contributed by atoms with van der Waals surface area (Å²) in [5, 5.41) is 17.1. The molecule has 2 aromatic carbocycles. The highest BCUT2D eigenvalue weighted by Gasteiger charge is 2.19. The highest BCUT2D eigenvalue weighted by atomic mass is 16.5. The van der Waals surface area contributed by atoms with Gasteiger partial charge in [0, 0.05) is 0 Å². The summed E-state index contributed by atoms with van der Waals surface area (Å²) in [6.45, 7) is 9.61. The number of ether oxygens (including phenoxy) is 2. The molecule has 8 nitrogen and oxygen atoms in total. The minimum Gasteiger partial charge on any atom is -0.478 e. The van der Waals surface area contributed by atoms with Crippen LogP contribution in [0.2, 0.25) is 0 Å². The number of hydrogen-bond donors (Lipinski definition) is 2. The highest BCUT2D eigenvalue weighted by molar-refractivity contribution is 6.03. The Hall–Kier alpha value is -3.68. The van der Waals surface area contributed by atoms with Gasteiger partial charge in [0.05, 0.1) is 35.5 Å². The van der Waals surface area contributed by atoms with Gasteiger partial charge in [0.25, 0.3) is 0 Å². The van der Waals surface area contributed by atoms with Gasteiger partial charge in [-0.25, -0.2) is 19.2 Å². The number of unbranched alkanes of at least 4 members (excludes halogenated alkanes) is 4. The van der Waals surface area contributed by atoms with E-state index in [4.69, 9.17) is 19.7 Å². The van der Waals surface area contributed by atoms with Crippen LogP contribution in [-0.4, -0.2) is 47.3 Å². The first-order valence-corrected chi connectivity index (χ1v) is 14.0. The first-order chi connectivity index (χ1) is 19.0. The molecule has 0 amide bonds. The molecule has 0 aromatic heterocycles. The zero-order valence-electron chi connectivity index (χ0n) is 24.2. The molecule has 0 aliphatic rings. The van der Waals surface area contributed by atoms with E-state index in [1.165, 1.54) is 37.1 Å². The molecule has 2 aromatic rings. The van der Waals surface area contributed by atoms with Crippen LogP contribution in [0.15, 0.2) is 48.5 Å². The van der Waals surface area contributed by atoms with Gasteiger partial charge in [-0.1, -0.05) is 90.5 Å². The Morgan fingerprint density at radius 3 is 1.18 bits per heavy atom. The predicted octanol–water partition coefficient (Wildman–Crippen LogP) is 7.52. The molecule has 0 fully saturated rings. The van der Waals surface area contributed by atoms with Gasteiger partial charge in [-0.3, -0.25) is 0 Å². The number of aromatic carboxylic acids is 2. The van der Waals surface area contributed by atoms with Crippen LogP contribution in [0.4, 0.5) is 0 Å². The highest BCUT2D eigenvalue weighted by Crippen LogP contribution is 2.14. The molecule has 0 aliphatic heterocycles. The molecule has 0 heterocycles. The average molecular weight is 557 g/mol. The quantitative estimate of drug-likeness (QED) is 0.161. The topological polar surface area (TPSA) is 127 Å². The van der Waals surface area contributed by atoms with Crippen LogP contribution in [0.25, 0.3) is 0 Å². The van der Waals surface area contributed by atoms with Crippen LogP contribution < -0.4 is 0 Å². The minimum absolute atomic E-state index is 0.190. The Morgan fingerprint density at radius 2 is 0.875 bits per heavy atom. The Bertz CT molecular complexity index is 990. The standard InChI is InChI=1S/C24H38O4.C8H6O4/c1-19(2)13-7-5-11-17-27-23(25)21-15-9-10-16-22(21)24(26)28-18-12-6-8-14-20(3)4;9-7(10)5-3-1-2-4-6(5)8(11)12/h9-10,15-16,19-20H,5-8,11-14,17-18H2,1-4H3;1-4H,(H,9,10)(H,11,12). The first kappa shape index (κ1) is 34.3. The van der Waals surface area contributed by atoms with Crippen molar-refractivity contribution in [2.45, 2.75) is 79.1 Å². The number of carbonyl (C=O) groups excluding carboxylic acids is 2. The van der Waals surface area contributed by atoms with Gasteiger partial charge in [0.2, 0.25) is 0 Å². The molecule has 2 N–H and O–H groups in total. The summed E-state index contributed by atoms with van der Waals surface area (Å²) < 4.78 is 10.7. The number of carboxylic acids is 2. The van der Waals surface area contributed by atoms with Gasteiger partial charge in [-0.15, -0.1) is 0 Å². The second-order valence-electron chi connectivity index (χ2n) is 10.5. The fraction of sp³-hybridized carbons (Fsp3) is 0.500. The van der Waals surface area contributed by atoms with E-state index in [2.05, 4.69) is 27.7 Å². The smallest absolute Gasteiger partial charge is 0.339 e. The molecule has 0 unspecified atom stereocenters. The van der Waals surface area contributed by atoms with E-state index in [1.54, 1.807) is 24.3 Å². The van der Waals surface area contributed by atoms with Crippen molar-refractivity contribution in [3.63, 3.8) is 0 Å². The molecule has 0 atom stereocenters. The fourth-order valence-electron chi connectivity index (χ4n) is 3.84. The van der Waals surface area contributed by atoms with Crippen molar-refractivity contribution in [3.05, 3.63) is 70.8 Å². The number of esters is 2. The summed E-state index contributed by atoms with van der Waals surface area (Å²) in [5.74, 6) is -1.95. The normalized spacial score (nSPS) is 10.6. The van der Waals surface area contributed by atoms with Crippen molar-refractivity contribution in [1.29, 1.82) is 0 Å². The Balaban J connectivity index is 0.000000552. The molecular formula is C32H44O8. The van der Waals surface area contributed by atoms with E-state index in [9.17, 15) is 19.2 Å². The van der Waals surface area contributed by atoms with E-state index >= 15 is 0 Å². The van der Waals surface area contributed by atoms with Crippen molar-refractivity contribution in [1.82, 2.24) is 0 Å². The van der Waals surface area contributed by atoms with Gasteiger partial charge >= 0.3 is 23.9 Å². The maximum absolute atomic E-state index is 12.4. The van der Waals surface area contributed by atoms with E-state index in [0.717, 1.165) is 38.5 Å². The molecule has 0 saturated carbocycles. The SMILES string of the molecule is CC(C)CCCCCOC(=O)c1ccccc1C(=O)OCCCCCC(C)C.O=C(O)c1ccccc1C(=O)O.